The number of carbonyl (C=O) groups excluding carboxylic acids is 1. The Morgan fingerprint density at radius 1 is 1.69 bits per heavy atom. The number of ketones is 1. The van der Waals surface area contributed by atoms with Crippen LogP contribution in [0, 0.1) is 5.92 Å². The number of halogens is 2. The number of thiophene rings is 1. The third-order valence-electron chi connectivity index (χ3n) is 1.51. The maximum absolute atomic E-state index is 11.6. The minimum Gasteiger partial charge on any atom is -0.293 e. The molecule has 1 heterocycles. The van der Waals surface area contributed by atoms with Gasteiger partial charge in [0.2, 0.25) is 0 Å². The molecule has 0 amide bonds. The van der Waals surface area contributed by atoms with Crippen LogP contribution >= 0.6 is 38.9 Å². The Labute approximate surface area is 95.2 Å². The molecule has 0 atom stereocenters. The van der Waals surface area contributed by atoms with Crippen LogP contribution in [0.25, 0.3) is 0 Å². The Bertz CT molecular complexity index is 300. The molecule has 0 unspecified atom stereocenters. The molecule has 0 aliphatic rings. The predicted molar refractivity (Wildman–Crippen MR) is 60.8 cm³/mol. The second kappa shape index (κ2) is 4.58. The lowest BCUT2D eigenvalue weighted by molar-refractivity contribution is 0.0972. The van der Waals surface area contributed by atoms with Gasteiger partial charge in [0.1, 0.15) is 4.34 Å². The standard InChI is InChI=1S/C9H10BrClOS/c1-5(2)3-7(12)8-4-6(10)9(11)13-8/h4-5H,3H2,1-2H3. The van der Waals surface area contributed by atoms with Gasteiger partial charge in [-0.15, -0.1) is 11.3 Å². The summed E-state index contributed by atoms with van der Waals surface area (Å²) in [5.41, 5.74) is 0. The van der Waals surface area contributed by atoms with Gasteiger partial charge in [0.05, 0.1) is 4.88 Å². The molecule has 0 spiro atoms. The molecule has 1 aromatic heterocycles. The summed E-state index contributed by atoms with van der Waals surface area (Å²) < 4.78 is 1.46. The average Bonchev–Trinajstić information content (AvgIpc) is 2.31. The van der Waals surface area contributed by atoms with Crippen molar-refractivity contribution in [3.05, 3.63) is 19.8 Å². The normalized spacial score (nSPS) is 10.8. The summed E-state index contributed by atoms with van der Waals surface area (Å²) in [6, 6.07) is 1.79. The van der Waals surface area contributed by atoms with Crippen LogP contribution in [0.2, 0.25) is 4.34 Å². The zero-order valence-corrected chi connectivity index (χ0v) is 10.6. The van der Waals surface area contributed by atoms with Crippen LogP contribution in [0.5, 0.6) is 0 Å². The first-order chi connectivity index (χ1) is 6.00. The molecule has 0 saturated heterocycles. The molecule has 0 bridgehead atoms. The lowest BCUT2D eigenvalue weighted by atomic mass is 10.1. The van der Waals surface area contributed by atoms with Gasteiger partial charge < -0.3 is 0 Å². The van der Waals surface area contributed by atoms with E-state index in [-0.39, 0.29) is 5.78 Å². The first-order valence-corrected chi connectivity index (χ1v) is 5.97. The third kappa shape index (κ3) is 3.08. The van der Waals surface area contributed by atoms with Crippen molar-refractivity contribution in [2.24, 2.45) is 5.92 Å². The highest BCUT2D eigenvalue weighted by atomic mass is 79.9. The maximum Gasteiger partial charge on any atom is 0.173 e. The number of hydrogen-bond acceptors (Lipinski definition) is 2. The Kier molecular flexibility index (Phi) is 3.95. The minimum atomic E-state index is 0.174. The summed E-state index contributed by atoms with van der Waals surface area (Å²) in [5, 5.41) is 0. The van der Waals surface area contributed by atoms with Crippen molar-refractivity contribution in [1.29, 1.82) is 0 Å². The Morgan fingerprint density at radius 2 is 2.31 bits per heavy atom. The topological polar surface area (TPSA) is 17.1 Å². The summed E-state index contributed by atoms with van der Waals surface area (Å²) in [6.45, 7) is 4.06. The van der Waals surface area contributed by atoms with Gasteiger partial charge in [-0.3, -0.25) is 4.79 Å². The molecular formula is C9H10BrClOS. The van der Waals surface area contributed by atoms with Crippen molar-refractivity contribution >= 4 is 44.7 Å². The summed E-state index contributed by atoms with van der Waals surface area (Å²) in [6.07, 6.45) is 0.587. The molecule has 1 rings (SSSR count). The van der Waals surface area contributed by atoms with Crippen molar-refractivity contribution < 1.29 is 4.79 Å². The number of carbonyl (C=O) groups is 1. The fourth-order valence-electron chi connectivity index (χ4n) is 0.955. The molecule has 0 aliphatic heterocycles. The van der Waals surface area contributed by atoms with E-state index in [0.29, 0.717) is 16.7 Å². The predicted octanol–water partition coefficient (Wildman–Crippen LogP) is 4.39. The Morgan fingerprint density at radius 3 is 2.69 bits per heavy atom. The van der Waals surface area contributed by atoms with Gasteiger partial charge >= 0.3 is 0 Å². The fourth-order valence-corrected chi connectivity index (χ4v) is 2.61. The monoisotopic (exact) mass is 280 g/mol. The van der Waals surface area contributed by atoms with E-state index in [0.717, 1.165) is 9.35 Å². The number of rotatable bonds is 3. The van der Waals surface area contributed by atoms with Crippen molar-refractivity contribution in [3.8, 4) is 0 Å². The second-order valence-electron chi connectivity index (χ2n) is 3.25. The largest absolute Gasteiger partial charge is 0.293 e. The highest BCUT2D eigenvalue weighted by Crippen LogP contribution is 2.32. The van der Waals surface area contributed by atoms with Gasteiger partial charge in [-0.25, -0.2) is 0 Å². The molecule has 0 radical (unpaired) electrons. The van der Waals surface area contributed by atoms with E-state index >= 15 is 0 Å². The highest BCUT2D eigenvalue weighted by Gasteiger charge is 2.13. The van der Waals surface area contributed by atoms with Crippen molar-refractivity contribution in [2.45, 2.75) is 20.3 Å². The summed E-state index contributed by atoms with van der Waals surface area (Å²) >= 11 is 10.4. The van der Waals surface area contributed by atoms with Gasteiger partial charge in [0, 0.05) is 10.9 Å². The number of Topliss-reactive ketones (excluding diaryl/α,β-unsaturated/α-hetero) is 1. The molecule has 0 aliphatic carbocycles. The third-order valence-corrected chi connectivity index (χ3v) is 4.03. The van der Waals surface area contributed by atoms with Crippen LogP contribution in [-0.4, -0.2) is 5.78 Å². The summed E-state index contributed by atoms with van der Waals surface area (Å²) in [5.74, 6) is 0.569. The van der Waals surface area contributed by atoms with Gasteiger partial charge in [-0.05, 0) is 27.9 Å². The highest BCUT2D eigenvalue weighted by molar-refractivity contribution is 9.10. The van der Waals surface area contributed by atoms with E-state index in [1.165, 1.54) is 11.3 Å². The minimum absolute atomic E-state index is 0.174. The van der Waals surface area contributed by atoms with E-state index in [9.17, 15) is 4.79 Å². The quantitative estimate of drug-likeness (QED) is 0.751. The zero-order valence-electron chi connectivity index (χ0n) is 7.43. The SMILES string of the molecule is CC(C)CC(=O)c1cc(Br)c(Cl)s1. The molecule has 1 aromatic rings. The molecule has 0 aromatic carbocycles. The second-order valence-corrected chi connectivity index (χ2v) is 5.76. The average molecular weight is 282 g/mol. The molecule has 4 heteroatoms. The van der Waals surface area contributed by atoms with Crippen molar-refractivity contribution in [3.63, 3.8) is 0 Å². The van der Waals surface area contributed by atoms with Gasteiger partial charge in [0.25, 0.3) is 0 Å². The van der Waals surface area contributed by atoms with E-state index in [1.54, 1.807) is 6.07 Å². The van der Waals surface area contributed by atoms with Crippen LogP contribution in [0.4, 0.5) is 0 Å². The van der Waals surface area contributed by atoms with Crippen LogP contribution in [0.3, 0.4) is 0 Å². The van der Waals surface area contributed by atoms with Crippen LogP contribution in [0.1, 0.15) is 29.9 Å². The lowest BCUT2D eigenvalue weighted by Gasteiger charge is -2.00. The van der Waals surface area contributed by atoms with E-state index in [2.05, 4.69) is 15.9 Å². The molecule has 72 valence electrons. The van der Waals surface area contributed by atoms with Crippen molar-refractivity contribution in [2.75, 3.05) is 0 Å². The molecule has 13 heavy (non-hydrogen) atoms. The smallest absolute Gasteiger partial charge is 0.173 e. The number of hydrogen-bond donors (Lipinski definition) is 0. The van der Waals surface area contributed by atoms with Gasteiger partial charge in [0.15, 0.2) is 5.78 Å². The molecular weight excluding hydrogens is 272 g/mol. The first-order valence-electron chi connectivity index (χ1n) is 3.98. The molecule has 0 saturated carbocycles. The van der Waals surface area contributed by atoms with E-state index in [1.807, 2.05) is 13.8 Å². The van der Waals surface area contributed by atoms with Crippen LogP contribution in [0.15, 0.2) is 10.5 Å². The van der Waals surface area contributed by atoms with Gasteiger partial charge in [-0.2, -0.15) is 0 Å². The molecule has 1 nitrogen and oxygen atoms in total. The molecule has 0 N–H and O–H groups in total. The summed E-state index contributed by atoms with van der Waals surface area (Å²) in [7, 11) is 0. The zero-order chi connectivity index (χ0) is 10.0. The lowest BCUT2D eigenvalue weighted by Crippen LogP contribution is -2.00. The van der Waals surface area contributed by atoms with E-state index < -0.39 is 0 Å². The van der Waals surface area contributed by atoms with Crippen LogP contribution < -0.4 is 0 Å². The van der Waals surface area contributed by atoms with Crippen molar-refractivity contribution in [1.82, 2.24) is 0 Å². The van der Waals surface area contributed by atoms with Gasteiger partial charge in [-0.1, -0.05) is 25.4 Å². The Hall–Kier alpha value is 0.140. The first kappa shape index (κ1) is 11.2. The fraction of sp³-hybridized carbons (Fsp3) is 0.444. The molecule has 0 fully saturated rings. The Balaban J connectivity index is 2.77. The van der Waals surface area contributed by atoms with Crippen LogP contribution in [-0.2, 0) is 0 Å². The summed E-state index contributed by atoms with van der Waals surface area (Å²) in [4.78, 5) is 12.3. The maximum atomic E-state index is 11.6. The van der Waals surface area contributed by atoms with E-state index in [4.69, 9.17) is 11.6 Å².